The number of hydrogen-bond acceptors (Lipinski definition) is 1. The topological polar surface area (TPSA) is 18.1 Å². The maximum absolute atomic E-state index is 6.46. The highest BCUT2D eigenvalue weighted by Crippen LogP contribution is 2.39. The third-order valence-electron chi connectivity index (χ3n) is 9.85. The largest absolute Gasteiger partial charge is 0.455 e. The standard InChI is InChI=1S/C45H29NO/c1-2-10-35-34(9-1)32(28-41-36(35)25-26-40-39-13-5-8-16-44(39)47-45(40)41)27-29-17-19-30(20-18-29)31-21-23-33(24-22-31)46-42-14-6-3-11-37(42)38-12-4-7-15-43(38)46/h1-26,28H,27H2. The van der Waals surface area contributed by atoms with Gasteiger partial charge in [-0.05, 0) is 87.3 Å². The summed E-state index contributed by atoms with van der Waals surface area (Å²) in [6, 6.07) is 59.2. The van der Waals surface area contributed by atoms with Gasteiger partial charge in [0, 0.05) is 32.6 Å². The van der Waals surface area contributed by atoms with Crippen molar-refractivity contribution in [1.82, 2.24) is 4.57 Å². The highest BCUT2D eigenvalue weighted by atomic mass is 16.3. The highest BCUT2D eigenvalue weighted by Gasteiger charge is 2.15. The van der Waals surface area contributed by atoms with Crippen LogP contribution in [-0.2, 0) is 6.42 Å². The summed E-state index contributed by atoms with van der Waals surface area (Å²) < 4.78 is 8.82. The van der Waals surface area contributed by atoms with Gasteiger partial charge >= 0.3 is 0 Å². The van der Waals surface area contributed by atoms with Crippen molar-refractivity contribution in [3.05, 3.63) is 175 Å². The van der Waals surface area contributed by atoms with Crippen molar-refractivity contribution in [2.24, 2.45) is 0 Å². The summed E-state index contributed by atoms with van der Waals surface area (Å²) in [5.41, 5.74) is 10.6. The average molecular weight is 600 g/mol. The van der Waals surface area contributed by atoms with Crippen LogP contribution in [0.3, 0.4) is 0 Å². The molecule has 220 valence electrons. The second-order valence-corrected chi connectivity index (χ2v) is 12.5. The second kappa shape index (κ2) is 10.2. The number of para-hydroxylation sites is 3. The molecule has 2 nitrogen and oxygen atoms in total. The van der Waals surface area contributed by atoms with Crippen molar-refractivity contribution in [3.8, 4) is 16.8 Å². The molecule has 0 aliphatic rings. The maximum atomic E-state index is 6.46. The maximum Gasteiger partial charge on any atom is 0.143 e. The zero-order valence-electron chi connectivity index (χ0n) is 25.7. The average Bonchev–Trinajstić information content (AvgIpc) is 3.69. The molecule has 8 aromatic carbocycles. The van der Waals surface area contributed by atoms with E-state index in [2.05, 4.69) is 162 Å². The lowest BCUT2D eigenvalue weighted by molar-refractivity contribution is 0.672. The Labute approximate surface area is 271 Å². The summed E-state index contributed by atoms with van der Waals surface area (Å²) in [7, 11) is 0. The summed E-state index contributed by atoms with van der Waals surface area (Å²) in [4.78, 5) is 0. The van der Waals surface area contributed by atoms with Gasteiger partial charge in [0.05, 0.1) is 11.0 Å². The summed E-state index contributed by atoms with van der Waals surface area (Å²) in [5.74, 6) is 0. The van der Waals surface area contributed by atoms with Gasteiger partial charge < -0.3 is 8.98 Å². The van der Waals surface area contributed by atoms with E-state index in [4.69, 9.17) is 4.42 Å². The molecule has 2 heteroatoms. The SMILES string of the molecule is c1ccc2c(c1)oc1c2ccc2c3ccccc3c(Cc3ccc(-c4ccc(-n5c6ccccc6c6ccccc65)cc4)cc3)cc21. The first-order valence-corrected chi connectivity index (χ1v) is 16.2. The van der Waals surface area contributed by atoms with E-state index in [0.29, 0.717) is 0 Å². The molecule has 0 radical (unpaired) electrons. The van der Waals surface area contributed by atoms with Gasteiger partial charge in [0.25, 0.3) is 0 Å². The summed E-state index contributed by atoms with van der Waals surface area (Å²) in [5, 5.41) is 9.86. The van der Waals surface area contributed by atoms with E-state index in [9.17, 15) is 0 Å². The molecule has 0 bridgehead atoms. The molecule has 2 heterocycles. The molecule has 0 aliphatic heterocycles. The first-order chi connectivity index (χ1) is 23.3. The Balaban J connectivity index is 1.01. The molecule has 0 fully saturated rings. The van der Waals surface area contributed by atoms with Crippen LogP contribution in [0.2, 0.25) is 0 Å². The molecule has 0 N–H and O–H groups in total. The summed E-state index contributed by atoms with van der Waals surface area (Å²) in [6.07, 6.45) is 0.847. The van der Waals surface area contributed by atoms with Crippen molar-refractivity contribution in [2.75, 3.05) is 0 Å². The Morgan fingerprint density at radius 1 is 0.404 bits per heavy atom. The number of hydrogen-bond donors (Lipinski definition) is 0. The number of benzene rings is 8. The third kappa shape index (κ3) is 4.05. The molecule has 0 saturated heterocycles. The first-order valence-electron chi connectivity index (χ1n) is 16.2. The Hall–Kier alpha value is -6.12. The number of rotatable bonds is 4. The van der Waals surface area contributed by atoms with Gasteiger partial charge in [-0.1, -0.05) is 121 Å². The molecule has 0 aliphatic carbocycles. The van der Waals surface area contributed by atoms with E-state index in [-0.39, 0.29) is 0 Å². The normalized spacial score (nSPS) is 11.9. The minimum absolute atomic E-state index is 0.847. The van der Waals surface area contributed by atoms with Crippen LogP contribution in [0.15, 0.2) is 168 Å². The van der Waals surface area contributed by atoms with E-state index in [1.54, 1.807) is 0 Å². The monoisotopic (exact) mass is 599 g/mol. The minimum Gasteiger partial charge on any atom is -0.455 e. The molecule has 0 amide bonds. The summed E-state index contributed by atoms with van der Waals surface area (Å²) >= 11 is 0. The van der Waals surface area contributed by atoms with Gasteiger partial charge in [-0.15, -0.1) is 0 Å². The zero-order valence-corrected chi connectivity index (χ0v) is 25.7. The number of aromatic nitrogens is 1. The molecule has 10 aromatic rings. The van der Waals surface area contributed by atoms with E-state index < -0.39 is 0 Å². The van der Waals surface area contributed by atoms with Crippen LogP contribution in [0.25, 0.3) is 82.1 Å². The smallest absolute Gasteiger partial charge is 0.143 e. The summed E-state index contributed by atoms with van der Waals surface area (Å²) in [6.45, 7) is 0. The molecule has 0 spiro atoms. The second-order valence-electron chi connectivity index (χ2n) is 12.5. The van der Waals surface area contributed by atoms with Crippen LogP contribution in [0.1, 0.15) is 11.1 Å². The Bertz CT molecular complexity index is 2740. The number of furan rings is 1. The van der Waals surface area contributed by atoms with Crippen LogP contribution in [0, 0.1) is 0 Å². The molecule has 0 saturated carbocycles. The molecule has 10 rings (SSSR count). The Kier molecular flexibility index (Phi) is 5.67. The van der Waals surface area contributed by atoms with Gasteiger partial charge in [0.1, 0.15) is 11.2 Å². The fourth-order valence-electron chi connectivity index (χ4n) is 7.62. The van der Waals surface area contributed by atoms with E-state index in [0.717, 1.165) is 23.0 Å². The van der Waals surface area contributed by atoms with E-state index >= 15 is 0 Å². The molecule has 47 heavy (non-hydrogen) atoms. The van der Waals surface area contributed by atoms with Crippen molar-refractivity contribution in [1.29, 1.82) is 0 Å². The quantitative estimate of drug-likeness (QED) is 0.184. The van der Waals surface area contributed by atoms with Gasteiger partial charge in [0.2, 0.25) is 0 Å². The van der Waals surface area contributed by atoms with Gasteiger partial charge in [-0.3, -0.25) is 0 Å². The predicted octanol–water partition coefficient (Wildman–Crippen LogP) is 12.2. The van der Waals surface area contributed by atoms with Gasteiger partial charge in [-0.2, -0.15) is 0 Å². The van der Waals surface area contributed by atoms with Gasteiger partial charge in [0.15, 0.2) is 0 Å². The van der Waals surface area contributed by atoms with Crippen LogP contribution < -0.4 is 0 Å². The van der Waals surface area contributed by atoms with Crippen molar-refractivity contribution in [3.63, 3.8) is 0 Å². The van der Waals surface area contributed by atoms with Crippen molar-refractivity contribution < 1.29 is 4.42 Å². The van der Waals surface area contributed by atoms with E-state index in [1.165, 1.54) is 76.7 Å². The fraction of sp³-hybridized carbons (Fsp3) is 0.0222. The molecule has 0 atom stereocenters. The zero-order chi connectivity index (χ0) is 30.9. The highest BCUT2D eigenvalue weighted by molar-refractivity contribution is 6.21. The first kappa shape index (κ1) is 26.1. The molecule has 0 unspecified atom stereocenters. The Morgan fingerprint density at radius 2 is 0.936 bits per heavy atom. The van der Waals surface area contributed by atoms with Crippen LogP contribution in [0.5, 0.6) is 0 Å². The molecule has 2 aromatic heterocycles. The lowest BCUT2D eigenvalue weighted by atomic mass is 9.92. The minimum atomic E-state index is 0.847. The van der Waals surface area contributed by atoms with Crippen LogP contribution in [0.4, 0.5) is 0 Å². The predicted molar refractivity (Wildman–Crippen MR) is 198 cm³/mol. The number of fused-ring (bicyclic) bond motifs is 10. The van der Waals surface area contributed by atoms with Crippen molar-refractivity contribution >= 4 is 65.3 Å². The van der Waals surface area contributed by atoms with Crippen LogP contribution in [-0.4, -0.2) is 4.57 Å². The van der Waals surface area contributed by atoms with Gasteiger partial charge in [-0.25, -0.2) is 0 Å². The lowest BCUT2D eigenvalue weighted by Gasteiger charge is -2.12. The molecular weight excluding hydrogens is 571 g/mol. The van der Waals surface area contributed by atoms with Crippen molar-refractivity contribution in [2.45, 2.75) is 6.42 Å². The fourth-order valence-corrected chi connectivity index (χ4v) is 7.62. The lowest BCUT2D eigenvalue weighted by Crippen LogP contribution is -1.94. The van der Waals surface area contributed by atoms with Crippen LogP contribution >= 0.6 is 0 Å². The third-order valence-corrected chi connectivity index (χ3v) is 9.85. The number of nitrogens with zero attached hydrogens (tertiary/aromatic N) is 1. The molecular formula is C45H29NO. The van der Waals surface area contributed by atoms with E-state index in [1.807, 2.05) is 6.07 Å². The Morgan fingerprint density at radius 3 is 1.64 bits per heavy atom.